The molecule has 0 spiro atoms. The van der Waals surface area contributed by atoms with E-state index in [9.17, 15) is 14.7 Å². The van der Waals surface area contributed by atoms with Crippen LogP contribution in [0.25, 0.3) is 0 Å². The fourth-order valence-electron chi connectivity index (χ4n) is 3.84. The fraction of sp³-hybridized carbons (Fsp3) is 0.455. The number of benzene rings is 1. The third-order valence-electron chi connectivity index (χ3n) is 5.56. The molecule has 2 amide bonds. The Bertz CT molecular complexity index is 810. The molecule has 1 aliphatic rings. The van der Waals surface area contributed by atoms with E-state index in [0.717, 1.165) is 36.1 Å². The van der Waals surface area contributed by atoms with Crippen molar-refractivity contribution in [1.29, 1.82) is 0 Å². The Kier molecular flexibility index (Phi) is 6.52. The van der Waals surface area contributed by atoms with Crippen molar-refractivity contribution < 1.29 is 14.7 Å². The second-order valence-corrected chi connectivity index (χ2v) is 8.77. The third-order valence-corrected chi connectivity index (χ3v) is 7.06. The van der Waals surface area contributed by atoms with Crippen molar-refractivity contribution in [1.82, 2.24) is 10.6 Å². The number of aliphatic hydroxyl groups excluding tert-OH is 1. The van der Waals surface area contributed by atoms with Gasteiger partial charge < -0.3 is 15.7 Å². The van der Waals surface area contributed by atoms with Gasteiger partial charge in [0.25, 0.3) is 0 Å². The quantitative estimate of drug-likeness (QED) is 0.648. The molecule has 3 rings (SSSR count). The lowest BCUT2D eigenvalue weighted by molar-refractivity contribution is -0.139. The molecule has 0 aliphatic heterocycles. The van der Waals surface area contributed by atoms with E-state index >= 15 is 0 Å². The molecular weight excluding hydrogens is 372 g/mol. The Morgan fingerprint density at radius 1 is 1.07 bits per heavy atom. The lowest BCUT2D eigenvalue weighted by Crippen LogP contribution is -2.45. The normalized spacial score (nSPS) is 17.7. The van der Waals surface area contributed by atoms with E-state index in [4.69, 9.17) is 0 Å². The van der Waals surface area contributed by atoms with Gasteiger partial charge >= 0.3 is 11.8 Å². The van der Waals surface area contributed by atoms with Crippen LogP contribution < -0.4 is 10.6 Å². The molecule has 5 nitrogen and oxygen atoms in total. The van der Waals surface area contributed by atoms with Crippen LogP contribution in [0.15, 0.2) is 42.5 Å². The molecule has 1 aliphatic carbocycles. The lowest BCUT2D eigenvalue weighted by atomic mass is 9.84. The SMILES string of the molecule is CC(O)c1ccc(C2(CNC(=O)C(=O)NC(C)c3ccccc3)CCCC2)s1. The van der Waals surface area contributed by atoms with Crippen molar-refractivity contribution in [2.45, 2.75) is 57.1 Å². The van der Waals surface area contributed by atoms with E-state index in [-0.39, 0.29) is 11.5 Å². The van der Waals surface area contributed by atoms with Gasteiger partial charge in [-0.25, -0.2) is 0 Å². The van der Waals surface area contributed by atoms with Crippen molar-refractivity contribution in [2.75, 3.05) is 6.54 Å². The molecule has 0 saturated heterocycles. The first-order chi connectivity index (χ1) is 13.4. The number of rotatable bonds is 6. The topological polar surface area (TPSA) is 78.4 Å². The van der Waals surface area contributed by atoms with Crippen LogP contribution in [-0.4, -0.2) is 23.5 Å². The molecule has 150 valence electrons. The molecule has 1 aromatic heterocycles. The van der Waals surface area contributed by atoms with Crippen LogP contribution in [0.5, 0.6) is 0 Å². The summed E-state index contributed by atoms with van der Waals surface area (Å²) in [6.07, 6.45) is 3.69. The molecule has 1 fully saturated rings. The number of hydrogen-bond acceptors (Lipinski definition) is 4. The Morgan fingerprint density at radius 2 is 1.75 bits per heavy atom. The molecule has 2 atom stereocenters. The van der Waals surface area contributed by atoms with E-state index < -0.39 is 17.9 Å². The molecule has 1 aromatic carbocycles. The number of thiophene rings is 1. The Balaban J connectivity index is 1.61. The maximum Gasteiger partial charge on any atom is 0.309 e. The van der Waals surface area contributed by atoms with Crippen LogP contribution in [-0.2, 0) is 15.0 Å². The molecule has 2 unspecified atom stereocenters. The molecule has 1 saturated carbocycles. The van der Waals surface area contributed by atoms with Gasteiger partial charge in [-0.1, -0.05) is 43.2 Å². The summed E-state index contributed by atoms with van der Waals surface area (Å²) < 4.78 is 0. The summed E-state index contributed by atoms with van der Waals surface area (Å²) in [5.74, 6) is -1.21. The highest BCUT2D eigenvalue weighted by atomic mass is 32.1. The largest absolute Gasteiger partial charge is 0.388 e. The van der Waals surface area contributed by atoms with E-state index in [2.05, 4.69) is 16.7 Å². The van der Waals surface area contributed by atoms with Crippen molar-refractivity contribution in [3.63, 3.8) is 0 Å². The molecule has 6 heteroatoms. The highest BCUT2D eigenvalue weighted by Crippen LogP contribution is 2.44. The van der Waals surface area contributed by atoms with Crippen LogP contribution in [0.2, 0.25) is 0 Å². The van der Waals surface area contributed by atoms with E-state index in [1.807, 2.05) is 43.3 Å². The zero-order chi connectivity index (χ0) is 20.1. The highest BCUT2D eigenvalue weighted by molar-refractivity contribution is 7.12. The van der Waals surface area contributed by atoms with Crippen LogP contribution >= 0.6 is 11.3 Å². The highest BCUT2D eigenvalue weighted by Gasteiger charge is 2.38. The summed E-state index contributed by atoms with van der Waals surface area (Å²) in [5.41, 5.74) is 0.818. The number of amides is 2. The number of carbonyl (C=O) groups is 2. The minimum Gasteiger partial charge on any atom is -0.388 e. The van der Waals surface area contributed by atoms with Gasteiger partial charge in [0.15, 0.2) is 0 Å². The Hall–Kier alpha value is -2.18. The molecular formula is C22H28N2O3S. The molecule has 2 aromatic rings. The monoisotopic (exact) mass is 400 g/mol. The maximum atomic E-state index is 12.4. The molecule has 28 heavy (non-hydrogen) atoms. The van der Waals surface area contributed by atoms with Gasteiger partial charge in [-0.3, -0.25) is 9.59 Å². The second kappa shape index (κ2) is 8.88. The third kappa shape index (κ3) is 4.62. The molecule has 0 bridgehead atoms. The number of hydrogen-bond donors (Lipinski definition) is 3. The lowest BCUT2D eigenvalue weighted by Gasteiger charge is -2.28. The van der Waals surface area contributed by atoms with Crippen molar-refractivity contribution >= 4 is 23.2 Å². The number of aliphatic hydroxyl groups is 1. The van der Waals surface area contributed by atoms with Gasteiger partial charge in [-0.05, 0) is 44.4 Å². The molecule has 3 N–H and O–H groups in total. The smallest absolute Gasteiger partial charge is 0.309 e. The summed E-state index contributed by atoms with van der Waals surface area (Å²) in [4.78, 5) is 26.8. The maximum absolute atomic E-state index is 12.4. The van der Waals surface area contributed by atoms with E-state index in [0.29, 0.717) is 6.54 Å². The van der Waals surface area contributed by atoms with Crippen molar-refractivity contribution in [3.8, 4) is 0 Å². The standard InChI is InChI=1S/C22H28N2O3S/c1-15(17-8-4-3-5-9-17)24-21(27)20(26)23-14-22(12-6-7-13-22)19-11-10-18(28-19)16(2)25/h3-5,8-11,15-16,25H,6-7,12-14H2,1-2H3,(H,23,26)(H,24,27). The summed E-state index contributed by atoms with van der Waals surface area (Å²) in [7, 11) is 0. The van der Waals surface area contributed by atoms with Gasteiger partial charge in [-0.15, -0.1) is 11.3 Å². The molecule has 1 heterocycles. The summed E-state index contributed by atoms with van der Waals surface area (Å²) in [6, 6.07) is 13.4. The van der Waals surface area contributed by atoms with Gasteiger partial charge in [0.2, 0.25) is 0 Å². The van der Waals surface area contributed by atoms with Gasteiger partial charge in [0, 0.05) is 21.7 Å². The summed E-state index contributed by atoms with van der Waals surface area (Å²) in [6.45, 7) is 4.07. The number of carbonyl (C=O) groups excluding carboxylic acids is 2. The van der Waals surface area contributed by atoms with Crippen LogP contribution in [0.4, 0.5) is 0 Å². The zero-order valence-electron chi connectivity index (χ0n) is 16.4. The summed E-state index contributed by atoms with van der Waals surface area (Å²) >= 11 is 1.60. The van der Waals surface area contributed by atoms with E-state index in [1.54, 1.807) is 18.3 Å². The van der Waals surface area contributed by atoms with E-state index in [1.165, 1.54) is 4.88 Å². The van der Waals surface area contributed by atoms with Crippen LogP contribution in [0.1, 0.15) is 67.0 Å². The average Bonchev–Trinajstić information content (AvgIpc) is 3.37. The number of nitrogens with one attached hydrogen (secondary N) is 2. The van der Waals surface area contributed by atoms with Gasteiger partial charge in [0.05, 0.1) is 12.1 Å². The van der Waals surface area contributed by atoms with Crippen molar-refractivity contribution in [2.24, 2.45) is 0 Å². The fourth-order valence-corrected chi connectivity index (χ4v) is 5.03. The van der Waals surface area contributed by atoms with Gasteiger partial charge in [-0.2, -0.15) is 0 Å². The van der Waals surface area contributed by atoms with Crippen molar-refractivity contribution in [3.05, 3.63) is 57.8 Å². The van der Waals surface area contributed by atoms with Crippen LogP contribution in [0.3, 0.4) is 0 Å². The first-order valence-electron chi connectivity index (χ1n) is 9.83. The predicted molar refractivity (Wildman–Crippen MR) is 111 cm³/mol. The average molecular weight is 401 g/mol. The van der Waals surface area contributed by atoms with Gasteiger partial charge in [0.1, 0.15) is 0 Å². The second-order valence-electron chi connectivity index (χ2n) is 7.65. The minimum atomic E-state index is -0.611. The first-order valence-corrected chi connectivity index (χ1v) is 10.6. The Morgan fingerprint density at radius 3 is 2.36 bits per heavy atom. The molecule has 0 radical (unpaired) electrons. The predicted octanol–water partition coefficient (Wildman–Crippen LogP) is 3.61. The Labute approximate surface area is 170 Å². The summed E-state index contributed by atoms with van der Waals surface area (Å²) in [5, 5.41) is 15.4. The first kappa shape index (κ1) is 20.6. The van der Waals surface area contributed by atoms with Crippen LogP contribution in [0, 0.1) is 0 Å². The minimum absolute atomic E-state index is 0.140. The zero-order valence-corrected chi connectivity index (χ0v) is 17.2.